The van der Waals surface area contributed by atoms with Gasteiger partial charge in [0.2, 0.25) is 0 Å². The minimum Gasteiger partial charge on any atom is -0.278 e. The molecule has 0 fully saturated rings. The van der Waals surface area contributed by atoms with E-state index in [-0.39, 0.29) is 28.9 Å². The Labute approximate surface area is 187 Å². The van der Waals surface area contributed by atoms with Crippen LogP contribution >= 0.6 is 11.6 Å². The molecular formula is C21H22ClF6NO2S. The highest BCUT2D eigenvalue weighted by Gasteiger charge is 2.40. The lowest BCUT2D eigenvalue weighted by molar-refractivity contribution is -0.142. The van der Waals surface area contributed by atoms with Crippen LogP contribution in [0.5, 0.6) is 0 Å². The third-order valence-electron chi connectivity index (χ3n) is 4.83. The van der Waals surface area contributed by atoms with Crippen molar-refractivity contribution in [3.8, 4) is 0 Å². The standard InChI is InChI=1S/C21H22ClF6NO2S/c1-10(2)13-6-12(5)19(15(7-13)11(3)4)32(30,31)29-17-9-14(20(23,24)25)8-16(18(17)22)21(26,27)28/h6-11,29H,1-5H3. The van der Waals surface area contributed by atoms with Gasteiger partial charge in [0.05, 0.1) is 26.7 Å². The summed E-state index contributed by atoms with van der Waals surface area (Å²) in [4.78, 5) is -0.209. The lowest BCUT2D eigenvalue weighted by Crippen LogP contribution is -2.20. The Morgan fingerprint density at radius 1 is 0.875 bits per heavy atom. The average Bonchev–Trinajstić information content (AvgIpc) is 2.60. The van der Waals surface area contributed by atoms with Crippen molar-refractivity contribution in [2.45, 2.75) is 63.7 Å². The van der Waals surface area contributed by atoms with Crippen LogP contribution in [-0.2, 0) is 22.4 Å². The highest BCUT2D eigenvalue weighted by atomic mass is 35.5. The zero-order chi connectivity index (χ0) is 24.8. The smallest absolute Gasteiger partial charge is 0.278 e. The summed E-state index contributed by atoms with van der Waals surface area (Å²) in [5.74, 6) is -0.218. The Hall–Kier alpha value is -1.94. The largest absolute Gasteiger partial charge is 0.417 e. The molecule has 0 unspecified atom stereocenters. The molecule has 0 spiro atoms. The van der Waals surface area contributed by atoms with Crippen LogP contribution in [0, 0.1) is 6.92 Å². The summed E-state index contributed by atoms with van der Waals surface area (Å²) in [6.07, 6.45) is -10.4. The predicted molar refractivity (Wildman–Crippen MR) is 112 cm³/mol. The Bertz CT molecular complexity index is 1120. The lowest BCUT2D eigenvalue weighted by Gasteiger charge is -2.21. The van der Waals surface area contributed by atoms with E-state index in [1.54, 1.807) is 26.0 Å². The van der Waals surface area contributed by atoms with Gasteiger partial charge in [-0.15, -0.1) is 0 Å². The zero-order valence-corrected chi connectivity index (χ0v) is 19.4. The number of nitrogens with one attached hydrogen (secondary N) is 1. The van der Waals surface area contributed by atoms with Crippen molar-refractivity contribution in [1.82, 2.24) is 0 Å². The Morgan fingerprint density at radius 3 is 1.88 bits per heavy atom. The van der Waals surface area contributed by atoms with Crippen LogP contribution in [-0.4, -0.2) is 8.42 Å². The zero-order valence-electron chi connectivity index (χ0n) is 17.8. The molecule has 0 saturated heterocycles. The van der Waals surface area contributed by atoms with Gasteiger partial charge in [-0.1, -0.05) is 51.4 Å². The third-order valence-corrected chi connectivity index (χ3v) is 6.82. The van der Waals surface area contributed by atoms with E-state index < -0.39 is 44.2 Å². The minimum atomic E-state index is -5.23. The van der Waals surface area contributed by atoms with Crippen LogP contribution < -0.4 is 4.72 Å². The van der Waals surface area contributed by atoms with Crippen molar-refractivity contribution in [2.24, 2.45) is 0 Å². The Kier molecular flexibility index (Phi) is 7.22. The van der Waals surface area contributed by atoms with Crippen molar-refractivity contribution in [1.29, 1.82) is 0 Å². The van der Waals surface area contributed by atoms with Gasteiger partial charge >= 0.3 is 12.4 Å². The van der Waals surface area contributed by atoms with Gasteiger partial charge in [-0.25, -0.2) is 8.42 Å². The van der Waals surface area contributed by atoms with Crippen LogP contribution in [0.1, 0.15) is 67.3 Å². The van der Waals surface area contributed by atoms with Crippen LogP contribution in [0.15, 0.2) is 29.2 Å². The summed E-state index contributed by atoms with van der Waals surface area (Å²) < 4.78 is 108. The van der Waals surface area contributed by atoms with Gasteiger partial charge in [-0.3, -0.25) is 4.72 Å². The van der Waals surface area contributed by atoms with Gasteiger partial charge in [-0.2, -0.15) is 26.3 Å². The first kappa shape index (κ1) is 26.3. The molecule has 0 aromatic heterocycles. The summed E-state index contributed by atoms with van der Waals surface area (Å²) in [5, 5.41) is -1.17. The summed E-state index contributed by atoms with van der Waals surface area (Å²) >= 11 is 5.70. The normalized spacial score (nSPS) is 13.2. The molecule has 2 aromatic rings. The van der Waals surface area contributed by atoms with E-state index in [4.69, 9.17) is 11.6 Å². The number of alkyl halides is 6. The number of sulfonamides is 1. The number of halogens is 7. The average molecular weight is 502 g/mol. The number of hydrogen-bond acceptors (Lipinski definition) is 2. The minimum absolute atomic E-state index is 0.0724. The first-order chi connectivity index (χ1) is 14.4. The summed E-state index contributed by atoms with van der Waals surface area (Å²) in [5.41, 5.74) is -2.92. The predicted octanol–water partition coefficient (Wildman–Crippen LogP) is 7.73. The van der Waals surface area contributed by atoms with Crippen LogP contribution in [0.3, 0.4) is 0 Å². The summed E-state index contributed by atoms with van der Waals surface area (Å²) in [6.45, 7) is 8.80. The molecule has 2 aromatic carbocycles. The Morgan fingerprint density at radius 2 is 1.44 bits per heavy atom. The van der Waals surface area contributed by atoms with E-state index in [0.29, 0.717) is 11.1 Å². The molecule has 0 atom stereocenters. The number of benzene rings is 2. The second-order valence-electron chi connectivity index (χ2n) is 8.05. The van der Waals surface area contributed by atoms with E-state index in [9.17, 15) is 34.8 Å². The molecule has 178 valence electrons. The molecular weight excluding hydrogens is 480 g/mol. The van der Waals surface area contributed by atoms with Crippen molar-refractivity contribution in [3.05, 3.63) is 57.1 Å². The molecule has 0 aliphatic rings. The molecule has 11 heteroatoms. The molecule has 3 nitrogen and oxygen atoms in total. The fourth-order valence-electron chi connectivity index (χ4n) is 3.22. The van der Waals surface area contributed by atoms with E-state index in [0.717, 1.165) is 5.56 Å². The van der Waals surface area contributed by atoms with Gasteiger partial charge < -0.3 is 0 Å². The van der Waals surface area contributed by atoms with Crippen molar-refractivity contribution in [2.75, 3.05) is 4.72 Å². The number of hydrogen-bond donors (Lipinski definition) is 1. The fourth-order valence-corrected chi connectivity index (χ4v) is 5.18. The molecule has 0 aliphatic carbocycles. The van der Waals surface area contributed by atoms with E-state index in [1.165, 1.54) is 6.92 Å². The maximum absolute atomic E-state index is 13.3. The first-order valence-corrected chi connectivity index (χ1v) is 11.4. The molecule has 2 rings (SSSR count). The number of aryl methyl sites for hydroxylation is 1. The summed E-state index contributed by atoms with van der Waals surface area (Å²) in [7, 11) is -4.58. The second-order valence-corrected chi connectivity index (χ2v) is 10.0. The number of anilines is 1. The fraction of sp³-hybridized carbons (Fsp3) is 0.429. The van der Waals surface area contributed by atoms with Crippen LogP contribution in [0.2, 0.25) is 5.02 Å². The van der Waals surface area contributed by atoms with Gasteiger partial charge in [0.15, 0.2) is 0 Å². The van der Waals surface area contributed by atoms with Crippen LogP contribution in [0.25, 0.3) is 0 Å². The van der Waals surface area contributed by atoms with Gasteiger partial charge in [-0.05, 0) is 47.6 Å². The highest BCUT2D eigenvalue weighted by Crippen LogP contribution is 2.44. The molecule has 0 aliphatic heterocycles. The summed E-state index contributed by atoms with van der Waals surface area (Å²) in [6, 6.07) is 3.40. The highest BCUT2D eigenvalue weighted by molar-refractivity contribution is 7.92. The van der Waals surface area contributed by atoms with Crippen molar-refractivity contribution >= 4 is 27.3 Å². The van der Waals surface area contributed by atoms with Crippen LogP contribution in [0.4, 0.5) is 32.0 Å². The monoisotopic (exact) mass is 501 g/mol. The first-order valence-electron chi connectivity index (χ1n) is 9.51. The SMILES string of the molecule is Cc1cc(C(C)C)cc(C(C)C)c1S(=O)(=O)Nc1cc(C(F)(F)F)cc(C(F)(F)F)c1Cl. The Balaban J connectivity index is 2.75. The molecule has 0 amide bonds. The topological polar surface area (TPSA) is 46.2 Å². The number of rotatable bonds is 5. The second kappa shape index (κ2) is 8.78. The maximum Gasteiger partial charge on any atom is 0.417 e. The molecule has 1 N–H and O–H groups in total. The molecule has 0 saturated carbocycles. The third kappa shape index (κ3) is 5.51. The van der Waals surface area contributed by atoms with E-state index >= 15 is 0 Å². The molecule has 0 heterocycles. The molecule has 32 heavy (non-hydrogen) atoms. The van der Waals surface area contributed by atoms with E-state index in [2.05, 4.69) is 0 Å². The van der Waals surface area contributed by atoms with Gasteiger partial charge in [0.1, 0.15) is 0 Å². The maximum atomic E-state index is 13.3. The molecule has 0 radical (unpaired) electrons. The van der Waals surface area contributed by atoms with Gasteiger partial charge in [0.25, 0.3) is 10.0 Å². The van der Waals surface area contributed by atoms with E-state index in [1.807, 2.05) is 18.6 Å². The van der Waals surface area contributed by atoms with Crippen molar-refractivity contribution in [3.63, 3.8) is 0 Å². The molecule has 0 bridgehead atoms. The quantitative estimate of drug-likeness (QED) is 0.426. The van der Waals surface area contributed by atoms with Gasteiger partial charge in [0, 0.05) is 0 Å². The van der Waals surface area contributed by atoms with Crippen molar-refractivity contribution < 1.29 is 34.8 Å². The lowest BCUT2D eigenvalue weighted by atomic mass is 9.93.